The van der Waals surface area contributed by atoms with E-state index >= 15 is 0 Å². The van der Waals surface area contributed by atoms with E-state index in [9.17, 15) is 0 Å². The van der Waals surface area contributed by atoms with Crippen LogP contribution in [0, 0.1) is 0 Å². The summed E-state index contributed by atoms with van der Waals surface area (Å²) >= 11 is 6.32. The Morgan fingerprint density at radius 3 is 1.72 bits per heavy atom. The zero-order chi connectivity index (χ0) is 20.1. The first-order valence-electron chi connectivity index (χ1n) is 9.87. The van der Waals surface area contributed by atoms with Crippen molar-refractivity contribution in [2.24, 2.45) is 0 Å². The normalized spacial score (nSPS) is 18.7. The molecule has 10 heteroatoms. The molecule has 0 saturated heterocycles. The van der Waals surface area contributed by atoms with Gasteiger partial charge in [-0.05, 0) is 44.5 Å². The van der Waals surface area contributed by atoms with Crippen molar-refractivity contribution >= 4 is 58.1 Å². The fourth-order valence-electron chi connectivity index (χ4n) is 3.47. The van der Waals surface area contributed by atoms with Gasteiger partial charge in [-0.1, -0.05) is 12.2 Å². The van der Waals surface area contributed by atoms with Crippen LogP contribution in [0.15, 0.2) is 22.2 Å². The number of rotatable bonds is 8. The third-order valence-electron chi connectivity index (χ3n) is 4.98. The monoisotopic (exact) mass is 466 g/mol. The third kappa shape index (κ3) is 5.68. The van der Waals surface area contributed by atoms with Gasteiger partial charge >= 0.3 is 0 Å². The molecule has 4 rings (SSSR count). The summed E-state index contributed by atoms with van der Waals surface area (Å²) in [6, 6.07) is 0. The van der Waals surface area contributed by atoms with Crippen LogP contribution in [0.1, 0.15) is 30.7 Å². The fourth-order valence-corrected chi connectivity index (χ4v) is 6.95. The van der Waals surface area contributed by atoms with Crippen molar-refractivity contribution in [3.05, 3.63) is 23.5 Å². The van der Waals surface area contributed by atoms with Crippen LogP contribution in [0.3, 0.4) is 0 Å². The van der Waals surface area contributed by atoms with E-state index in [4.69, 9.17) is 0 Å². The maximum Gasteiger partial charge on any atom is 0.138 e. The first-order chi connectivity index (χ1) is 14.2. The summed E-state index contributed by atoms with van der Waals surface area (Å²) in [4.78, 5) is 4.69. The molecular formula is C19H26N6S4. The van der Waals surface area contributed by atoms with Gasteiger partial charge in [-0.2, -0.15) is 17.5 Å². The topological polar surface area (TPSA) is 58.0 Å². The van der Waals surface area contributed by atoms with Crippen molar-refractivity contribution < 1.29 is 0 Å². The molecule has 0 fully saturated rings. The molecular weight excluding hydrogens is 441 g/mol. The smallest absolute Gasteiger partial charge is 0.138 e. The lowest BCUT2D eigenvalue weighted by Crippen LogP contribution is -2.25. The molecule has 2 aromatic heterocycles. The zero-order valence-corrected chi connectivity index (χ0v) is 20.1. The standard InChI is InChI=1S/C19H26N6S4/c1-24-8-3-6-14(12-24)16-18(22-28-20-16)26-10-5-11-27-19-17(21-29-23-19)15-7-4-9-25(2)13-15/h6-7H,3-5,8-13H2,1-2H3. The number of hydrogen-bond acceptors (Lipinski definition) is 10. The molecule has 156 valence electrons. The molecule has 0 N–H and O–H groups in total. The lowest BCUT2D eigenvalue weighted by Gasteiger charge is -2.22. The Bertz CT molecular complexity index is 803. The third-order valence-corrected chi connectivity index (χ3v) is 8.36. The number of aromatic nitrogens is 4. The molecule has 2 aliphatic rings. The molecule has 0 saturated carbocycles. The number of nitrogens with zero attached hydrogens (tertiary/aromatic N) is 6. The second-order valence-corrected chi connectivity index (χ2v) is 10.6. The Kier molecular flexibility index (Phi) is 7.77. The quantitative estimate of drug-likeness (QED) is 0.426. The minimum Gasteiger partial charge on any atom is -0.302 e. The van der Waals surface area contributed by atoms with Crippen LogP contribution >= 0.6 is 47.0 Å². The van der Waals surface area contributed by atoms with Crippen molar-refractivity contribution in [3.63, 3.8) is 0 Å². The molecule has 2 aliphatic heterocycles. The minimum atomic E-state index is 0.972. The molecule has 0 aromatic carbocycles. The van der Waals surface area contributed by atoms with Crippen molar-refractivity contribution in [2.45, 2.75) is 29.3 Å². The van der Waals surface area contributed by atoms with Gasteiger partial charge in [0, 0.05) is 37.7 Å². The van der Waals surface area contributed by atoms with Gasteiger partial charge in [-0.25, -0.2) is 0 Å². The Morgan fingerprint density at radius 1 is 0.793 bits per heavy atom. The maximum absolute atomic E-state index is 4.57. The average Bonchev–Trinajstić information content (AvgIpc) is 3.37. The second kappa shape index (κ2) is 10.5. The molecule has 0 unspecified atom stereocenters. The molecule has 0 atom stereocenters. The Labute approximate surface area is 189 Å². The lowest BCUT2D eigenvalue weighted by molar-refractivity contribution is 0.372. The average molecular weight is 467 g/mol. The van der Waals surface area contributed by atoms with E-state index in [0.29, 0.717) is 0 Å². The predicted molar refractivity (Wildman–Crippen MR) is 126 cm³/mol. The van der Waals surface area contributed by atoms with E-state index in [0.717, 1.165) is 78.4 Å². The van der Waals surface area contributed by atoms with E-state index in [1.54, 1.807) is 0 Å². The fraction of sp³-hybridized carbons (Fsp3) is 0.579. The SMILES string of the molecule is CN1CCC=C(c2nsnc2SCCCSc2nsnc2C2=CCCN(C)C2)C1. The zero-order valence-electron chi connectivity index (χ0n) is 16.8. The summed E-state index contributed by atoms with van der Waals surface area (Å²) in [7, 11) is 4.33. The van der Waals surface area contributed by atoms with E-state index in [1.807, 2.05) is 23.5 Å². The van der Waals surface area contributed by atoms with Gasteiger partial charge in [0.2, 0.25) is 0 Å². The molecule has 4 heterocycles. The first kappa shape index (κ1) is 21.5. The van der Waals surface area contributed by atoms with Crippen molar-refractivity contribution in [1.29, 1.82) is 0 Å². The Morgan fingerprint density at radius 2 is 1.28 bits per heavy atom. The maximum atomic E-state index is 4.57. The molecule has 0 bridgehead atoms. The van der Waals surface area contributed by atoms with Gasteiger partial charge in [0.15, 0.2) is 0 Å². The highest BCUT2D eigenvalue weighted by atomic mass is 32.2. The van der Waals surface area contributed by atoms with Gasteiger partial charge in [-0.3, -0.25) is 0 Å². The Hall–Kier alpha value is -0.780. The van der Waals surface area contributed by atoms with E-state index in [-0.39, 0.29) is 0 Å². The van der Waals surface area contributed by atoms with Crippen LogP contribution in [0.4, 0.5) is 0 Å². The highest BCUT2D eigenvalue weighted by Gasteiger charge is 2.19. The summed E-state index contributed by atoms with van der Waals surface area (Å²) in [5.41, 5.74) is 4.85. The van der Waals surface area contributed by atoms with E-state index < -0.39 is 0 Å². The lowest BCUT2D eigenvalue weighted by atomic mass is 10.1. The van der Waals surface area contributed by atoms with Crippen molar-refractivity contribution in [2.75, 3.05) is 51.8 Å². The molecule has 2 aromatic rings. The summed E-state index contributed by atoms with van der Waals surface area (Å²) < 4.78 is 18.2. The van der Waals surface area contributed by atoms with Crippen LogP contribution in [0.2, 0.25) is 0 Å². The van der Waals surface area contributed by atoms with Gasteiger partial charge < -0.3 is 9.80 Å². The van der Waals surface area contributed by atoms with Crippen molar-refractivity contribution in [3.8, 4) is 0 Å². The van der Waals surface area contributed by atoms with Crippen LogP contribution < -0.4 is 0 Å². The largest absolute Gasteiger partial charge is 0.302 e. The van der Waals surface area contributed by atoms with Crippen LogP contribution in [-0.2, 0) is 0 Å². The molecule has 29 heavy (non-hydrogen) atoms. The van der Waals surface area contributed by atoms with Crippen molar-refractivity contribution in [1.82, 2.24) is 27.3 Å². The summed E-state index contributed by atoms with van der Waals surface area (Å²) in [5, 5.41) is 2.18. The van der Waals surface area contributed by atoms with E-state index in [1.165, 1.54) is 34.6 Å². The summed E-state index contributed by atoms with van der Waals surface area (Å²) in [5.74, 6) is 2.10. The molecule has 0 spiro atoms. The molecule has 0 aliphatic carbocycles. The first-order valence-corrected chi connectivity index (χ1v) is 13.3. The summed E-state index contributed by atoms with van der Waals surface area (Å²) in [6.45, 7) is 4.20. The summed E-state index contributed by atoms with van der Waals surface area (Å²) in [6.07, 6.45) is 7.96. The highest BCUT2D eigenvalue weighted by Crippen LogP contribution is 2.31. The van der Waals surface area contributed by atoms with Gasteiger partial charge in [0.25, 0.3) is 0 Å². The highest BCUT2D eigenvalue weighted by molar-refractivity contribution is 8.00. The number of thioether (sulfide) groups is 2. The van der Waals surface area contributed by atoms with Gasteiger partial charge in [0.1, 0.15) is 21.4 Å². The van der Waals surface area contributed by atoms with Gasteiger partial charge in [0.05, 0.1) is 23.5 Å². The molecule has 6 nitrogen and oxygen atoms in total. The second-order valence-electron chi connectivity index (χ2n) is 7.40. The van der Waals surface area contributed by atoms with Gasteiger partial charge in [-0.15, -0.1) is 23.5 Å². The number of hydrogen-bond donors (Lipinski definition) is 0. The van der Waals surface area contributed by atoms with E-state index in [2.05, 4.69) is 53.5 Å². The Balaban J connectivity index is 1.26. The predicted octanol–water partition coefficient (Wildman–Crippen LogP) is 4.10. The van der Waals surface area contributed by atoms with Crippen LogP contribution in [0.25, 0.3) is 11.1 Å². The molecule has 0 radical (unpaired) electrons. The van der Waals surface area contributed by atoms with Crippen LogP contribution in [0.5, 0.6) is 0 Å². The minimum absolute atomic E-state index is 0.972. The van der Waals surface area contributed by atoms with Crippen LogP contribution in [-0.4, -0.2) is 79.1 Å². The number of likely N-dealkylation sites (N-methyl/N-ethyl adjacent to an activating group) is 2. The molecule has 0 amide bonds.